The van der Waals surface area contributed by atoms with Crippen molar-refractivity contribution in [2.24, 2.45) is 0 Å². The van der Waals surface area contributed by atoms with Crippen molar-refractivity contribution >= 4 is 23.3 Å². The third-order valence-electron chi connectivity index (χ3n) is 2.38. The fourth-order valence-corrected chi connectivity index (χ4v) is 1.84. The van der Waals surface area contributed by atoms with E-state index in [0.717, 1.165) is 6.54 Å². The SMILES string of the molecule is CCNc1ccc(Cl)c(C(=O)NC(C)(C)COC)n1. The maximum absolute atomic E-state index is 12.2. The van der Waals surface area contributed by atoms with Gasteiger partial charge in [-0.05, 0) is 32.9 Å². The summed E-state index contributed by atoms with van der Waals surface area (Å²) in [7, 11) is 1.59. The second-order valence-electron chi connectivity index (χ2n) is 4.83. The van der Waals surface area contributed by atoms with E-state index in [0.29, 0.717) is 17.4 Å². The molecule has 0 unspecified atom stereocenters. The van der Waals surface area contributed by atoms with Gasteiger partial charge in [-0.2, -0.15) is 0 Å². The van der Waals surface area contributed by atoms with Gasteiger partial charge in [0.25, 0.3) is 5.91 Å². The molecule has 0 aliphatic heterocycles. The highest BCUT2D eigenvalue weighted by molar-refractivity contribution is 6.33. The van der Waals surface area contributed by atoms with Crippen LogP contribution in [0.4, 0.5) is 5.82 Å². The standard InChI is InChI=1S/C13H20ClN3O2/c1-5-15-10-7-6-9(14)11(16-10)12(18)17-13(2,3)8-19-4/h6-7H,5,8H2,1-4H3,(H,15,16)(H,17,18). The van der Waals surface area contributed by atoms with Crippen LogP contribution in [0.3, 0.4) is 0 Å². The minimum Gasteiger partial charge on any atom is -0.382 e. The Morgan fingerprint density at radius 3 is 2.74 bits per heavy atom. The average molecular weight is 286 g/mol. The molecule has 0 atom stereocenters. The zero-order valence-corrected chi connectivity index (χ0v) is 12.5. The molecule has 1 amide bonds. The minimum atomic E-state index is -0.481. The van der Waals surface area contributed by atoms with Crippen LogP contribution in [0.1, 0.15) is 31.3 Å². The lowest BCUT2D eigenvalue weighted by atomic mass is 10.1. The third-order valence-corrected chi connectivity index (χ3v) is 2.68. The van der Waals surface area contributed by atoms with Gasteiger partial charge in [0.05, 0.1) is 17.2 Å². The number of nitrogens with zero attached hydrogens (tertiary/aromatic N) is 1. The van der Waals surface area contributed by atoms with Crippen molar-refractivity contribution in [3.05, 3.63) is 22.8 Å². The molecule has 0 aliphatic rings. The summed E-state index contributed by atoms with van der Waals surface area (Å²) in [5.74, 6) is 0.313. The lowest BCUT2D eigenvalue weighted by Crippen LogP contribution is -2.47. The molecule has 0 aromatic carbocycles. The maximum Gasteiger partial charge on any atom is 0.272 e. The first-order valence-electron chi connectivity index (χ1n) is 6.11. The normalized spacial score (nSPS) is 11.2. The smallest absolute Gasteiger partial charge is 0.272 e. The van der Waals surface area contributed by atoms with Crippen molar-refractivity contribution in [1.29, 1.82) is 0 Å². The summed E-state index contributed by atoms with van der Waals surface area (Å²) in [5, 5.41) is 6.21. The molecule has 1 aromatic heterocycles. The number of carbonyl (C=O) groups excluding carboxylic acids is 1. The summed E-state index contributed by atoms with van der Waals surface area (Å²) in [6.45, 7) is 6.83. The number of aromatic nitrogens is 1. The second kappa shape index (κ2) is 6.73. The Hall–Kier alpha value is -1.33. The van der Waals surface area contributed by atoms with E-state index in [9.17, 15) is 4.79 Å². The van der Waals surface area contributed by atoms with Crippen LogP contribution in [0, 0.1) is 0 Å². The van der Waals surface area contributed by atoms with Crippen molar-refractivity contribution in [3.63, 3.8) is 0 Å². The van der Waals surface area contributed by atoms with Gasteiger partial charge in [0.2, 0.25) is 0 Å². The van der Waals surface area contributed by atoms with Crippen molar-refractivity contribution in [3.8, 4) is 0 Å². The van der Waals surface area contributed by atoms with E-state index in [1.165, 1.54) is 0 Å². The number of pyridine rings is 1. The van der Waals surface area contributed by atoms with Crippen LogP contribution in [-0.2, 0) is 4.74 Å². The third kappa shape index (κ3) is 4.69. The van der Waals surface area contributed by atoms with Crippen LogP contribution in [0.25, 0.3) is 0 Å². The van der Waals surface area contributed by atoms with E-state index >= 15 is 0 Å². The summed E-state index contributed by atoms with van der Waals surface area (Å²) in [4.78, 5) is 16.4. The monoisotopic (exact) mass is 285 g/mol. The molecule has 106 valence electrons. The Morgan fingerprint density at radius 2 is 2.16 bits per heavy atom. The van der Waals surface area contributed by atoms with Gasteiger partial charge in [0.1, 0.15) is 11.5 Å². The van der Waals surface area contributed by atoms with E-state index in [1.54, 1.807) is 19.2 Å². The Kier molecular flexibility index (Phi) is 5.57. The number of carbonyl (C=O) groups is 1. The Labute approximate surface area is 118 Å². The number of hydrogen-bond donors (Lipinski definition) is 2. The van der Waals surface area contributed by atoms with Crippen molar-refractivity contribution in [1.82, 2.24) is 10.3 Å². The van der Waals surface area contributed by atoms with Gasteiger partial charge in [0, 0.05) is 13.7 Å². The van der Waals surface area contributed by atoms with Crippen LogP contribution in [0.15, 0.2) is 12.1 Å². The molecule has 1 rings (SSSR count). The quantitative estimate of drug-likeness (QED) is 0.842. The molecule has 0 aliphatic carbocycles. The number of hydrogen-bond acceptors (Lipinski definition) is 4. The highest BCUT2D eigenvalue weighted by atomic mass is 35.5. The number of rotatable bonds is 6. The summed E-state index contributed by atoms with van der Waals surface area (Å²) < 4.78 is 5.06. The lowest BCUT2D eigenvalue weighted by Gasteiger charge is -2.25. The fraction of sp³-hybridized carbons (Fsp3) is 0.538. The molecule has 5 nitrogen and oxygen atoms in total. The molecule has 0 bridgehead atoms. The first-order chi connectivity index (χ1) is 8.89. The molecular formula is C13H20ClN3O2. The summed E-state index contributed by atoms with van der Waals surface area (Å²) in [6, 6.07) is 3.40. The second-order valence-corrected chi connectivity index (χ2v) is 5.24. The molecule has 0 radical (unpaired) electrons. The molecule has 0 fully saturated rings. The lowest BCUT2D eigenvalue weighted by molar-refractivity contribution is 0.0815. The number of ether oxygens (including phenoxy) is 1. The van der Waals surface area contributed by atoms with Crippen LogP contribution < -0.4 is 10.6 Å². The van der Waals surface area contributed by atoms with E-state index in [4.69, 9.17) is 16.3 Å². The van der Waals surface area contributed by atoms with Gasteiger partial charge in [-0.3, -0.25) is 4.79 Å². The van der Waals surface area contributed by atoms with Gasteiger partial charge in [0.15, 0.2) is 0 Å². The van der Waals surface area contributed by atoms with E-state index < -0.39 is 5.54 Å². The molecule has 19 heavy (non-hydrogen) atoms. The first-order valence-corrected chi connectivity index (χ1v) is 6.49. The number of amides is 1. The fourth-order valence-electron chi connectivity index (χ4n) is 1.64. The largest absolute Gasteiger partial charge is 0.382 e. The van der Waals surface area contributed by atoms with E-state index in [1.807, 2.05) is 20.8 Å². The zero-order chi connectivity index (χ0) is 14.5. The summed E-state index contributed by atoms with van der Waals surface area (Å²) >= 11 is 6.01. The minimum absolute atomic E-state index is 0.212. The van der Waals surface area contributed by atoms with Crippen molar-refractivity contribution in [2.45, 2.75) is 26.3 Å². The Morgan fingerprint density at radius 1 is 1.47 bits per heavy atom. The van der Waals surface area contributed by atoms with Crippen LogP contribution in [0.5, 0.6) is 0 Å². The van der Waals surface area contributed by atoms with E-state index in [2.05, 4.69) is 15.6 Å². The zero-order valence-electron chi connectivity index (χ0n) is 11.7. The van der Waals surface area contributed by atoms with Crippen LogP contribution in [-0.4, -0.2) is 36.7 Å². The predicted molar refractivity (Wildman–Crippen MR) is 76.8 cm³/mol. The van der Waals surface area contributed by atoms with Crippen molar-refractivity contribution in [2.75, 3.05) is 25.6 Å². The number of anilines is 1. The average Bonchev–Trinajstić information content (AvgIpc) is 2.31. The molecule has 2 N–H and O–H groups in total. The van der Waals surface area contributed by atoms with Gasteiger partial charge >= 0.3 is 0 Å². The Balaban J connectivity index is 2.89. The molecule has 1 aromatic rings. The number of nitrogens with one attached hydrogen (secondary N) is 2. The molecule has 0 saturated heterocycles. The predicted octanol–water partition coefficient (Wildman–Crippen LogP) is 2.32. The Bertz CT molecular complexity index is 450. The molecule has 1 heterocycles. The van der Waals surface area contributed by atoms with Crippen LogP contribution in [0.2, 0.25) is 5.02 Å². The van der Waals surface area contributed by atoms with Gasteiger partial charge < -0.3 is 15.4 Å². The van der Waals surface area contributed by atoms with E-state index in [-0.39, 0.29) is 11.6 Å². The topological polar surface area (TPSA) is 63.2 Å². The van der Waals surface area contributed by atoms with Gasteiger partial charge in [-0.1, -0.05) is 11.6 Å². The first kappa shape index (κ1) is 15.7. The molecule has 6 heteroatoms. The van der Waals surface area contributed by atoms with Crippen molar-refractivity contribution < 1.29 is 9.53 Å². The van der Waals surface area contributed by atoms with Gasteiger partial charge in [-0.25, -0.2) is 4.98 Å². The maximum atomic E-state index is 12.2. The highest BCUT2D eigenvalue weighted by Gasteiger charge is 2.23. The molecule has 0 saturated carbocycles. The summed E-state index contributed by atoms with van der Waals surface area (Å²) in [5.41, 5.74) is -0.269. The molecular weight excluding hydrogens is 266 g/mol. The highest BCUT2D eigenvalue weighted by Crippen LogP contribution is 2.17. The number of methoxy groups -OCH3 is 1. The van der Waals surface area contributed by atoms with Gasteiger partial charge in [-0.15, -0.1) is 0 Å². The summed E-state index contributed by atoms with van der Waals surface area (Å²) in [6.07, 6.45) is 0. The molecule has 0 spiro atoms. The van der Waals surface area contributed by atoms with Crippen LogP contribution >= 0.6 is 11.6 Å². The number of halogens is 1.